The van der Waals surface area contributed by atoms with Gasteiger partial charge in [0.1, 0.15) is 0 Å². The fraction of sp³-hybridized carbons (Fsp3) is 1.00. The summed E-state index contributed by atoms with van der Waals surface area (Å²) >= 11 is 0. The Hall–Kier alpha value is -0.500. The molecule has 0 radical (unpaired) electrons. The molecule has 0 bridgehead atoms. The average molecular weight is 307 g/mol. The van der Waals surface area contributed by atoms with Crippen LogP contribution in [0.2, 0.25) is 0 Å². The van der Waals surface area contributed by atoms with Gasteiger partial charge in [-0.3, -0.25) is 0 Å². The number of halogens is 6. The molecule has 0 aromatic carbocycles. The number of nitrogens with one attached hydrogen (secondary N) is 1. The van der Waals surface area contributed by atoms with Crippen LogP contribution in [0.25, 0.3) is 0 Å². The van der Waals surface area contributed by atoms with E-state index in [9.17, 15) is 26.3 Å². The molecule has 0 spiro atoms. The van der Waals surface area contributed by atoms with E-state index in [0.717, 1.165) is 19.3 Å². The molecule has 8 heteroatoms. The molecule has 120 valence electrons. The van der Waals surface area contributed by atoms with Crippen molar-refractivity contribution in [1.29, 1.82) is 0 Å². The van der Waals surface area contributed by atoms with Gasteiger partial charge in [0.25, 0.3) is 0 Å². The Morgan fingerprint density at radius 3 is 1.85 bits per heavy atom. The van der Waals surface area contributed by atoms with E-state index in [1.54, 1.807) is 0 Å². The molecule has 2 atom stereocenters. The predicted molar refractivity (Wildman–Crippen MR) is 61.3 cm³/mol. The van der Waals surface area contributed by atoms with Gasteiger partial charge in [-0.15, -0.1) is 0 Å². The van der Waals surface area contributed by atoms with Gasteiger partial charge >= 0.3 is 12.4 Å². The summed E-state index contributed by atoms with van der Waals surface area (Å²) in [7, 11) is 1.53. The standard InChI is InChI=1S/C12H19F6NO/c1-19-8-6-4-2-3-5-7-9(8)20-10(11(13,14)15)12(16,17)18/h8-10,19H,2-7H2,1H3. The van der Waals surface area contributed by atoms with E-state index in [-0.39, 0.29) is 6.42 Å². The Kier molecular flexibility index (Phi) is 6.12. The monoisotopic (exact) mass is 307 g/mol. The van der Waals surface area contributed by atoms with Gasteiger partial charge in [-0.1, -0.05) is 25.7 Å². The summed E-state index contributed by atoms with van der Waals surface area (Å²) in [5.74, 6) is 0. The number of rotatable bonds is 3. The zero-order valence-corrected chi connectivity index (χ0v) is 11.2. The summed E-state index contributed by atoms with van der Waals surface area (Å²) in [5.41, 5.74) is 0. The van der Waals surface area contributed by atoms with E-state index in [2.05, 4.69) is 10.1 Å². The van der Waals surface area contributed by atoms with Crippen LogP contribution in [0.4, 0.5) is 26.3 Å². The maximum Gasteiger partial charge on any atom is 0.423 e. The smallest absolute Gasteiger partial charge is 0.356 e. The van der Waals surface area contributed by atoms with Crippen molar-refractivity contribution in [2.75, 3.05) is 7.05 Å². The predicted octanol–water partition coefficient (Wildman–Crippen LogP) is 3.81. The van der Waals surface area contributed by atoms with Crippen LogP contribution in [0.5, 0.6) is 0 Å². The molecule has 0 saturated heterocycles. The largest absolute Gasteiger partial charge is 0.423 e. The molecule has 1 aliphatic carbocycles. The van der Waals surface area contributed by atoms with Crippen LogP contribution < -0.4 is 5.32 Å². The van der Waals surface area contributed by atoms with E-state index in [0.29, 0.717) is 12.8 Å². The van der Waals surface area contributed by atoms with Crippen LogP contribution in [0, 0.1) is 0 Å². The number of likely N-dealkylation sites (N-methyl/N-ethyl adjacent to an activating group) is 1. The summed E-state index contributed by atoms with van der Waals surface area (Å²) in [6, 6.07) is -0.484. The summed E-state index contributed by atoms with van der Waals surface area (Å²) in [5, 5.41) is 2.77. The second-order valence-electron chi connectivity index (χ2n) is 5.02. The lowest BCUT2D eigenvalue weighted by Gasteiger charge is -2.33. The second kappa shape index (κ2) is 6.98. The van der Waals surface area contributed by atoms with Gasteiger partial charge in [0.05, 0.1) is 6.10 Å². The zero-order chi connectivity index (χ0) is 15.4. The first-order valence-electron chi connectivity index (χ1n) is 6.62. The maximum absolute atomic E-state index is 12.5. The molecular formula is C12H19F6NO. The van der Waals surface area contributed by atoms with Gasteiger partial charge < -0.3 is 10.1 Å². The van der Waals surface area contributed by atoms with E-state index < -0.39 is 30.6 Å². The first kappa shape index (κ1) is 17.6. The third-order valence-electron chi connectivity index (χ3n) is 3.48. The fourth-order valence-electron chi connectivity index (χ4n) is 2.46. The van der Waals surface area contributed by atoms with Crippen LogP contribution in [0.3, 0.4) is 0 Å². The van der Waals surface area contributed by atoms with Crippen molar-refractivity contribution < 1.29 is 31.1 Å². The zero-order valence-electron chi connectivity index (χ0n) is 11.2. The van der Waals surface area contributed by atoms with Crippen LogP contribution in [-0.4, -0.2) is 37.7 Å². The third-order valence-corrected chi connectivity index (χ3v) is 3.48. The first-order chi connectivity index (χ1) is 9.16. The summed E-state index contributed by atoms with van der Waals surface area (Å²) in [4.78, 5) is 0. The molecule has 1 aliphatic rings. The van der Waals surface area contributed by atoms with Crippen molar-refractivity contribution >= 4 is 0 Å². The van der Waals surface area contributed by atoms with Gasteiger partial charge in [-0.05, 0) is 19.9 Å². The molecule has 2 unspecified atom stereocenters. The SMILES string of the molecule is CNC1CCCCCCC1OC(C(F)(F)F)C(F)(F)F. The molecule has 0 aromatic heterocycles. The number of ether oxygens (including phenoxy) is 1. The molecule has 0 heterocycles. The highest BCUT2D eigenvalue weighted by atomic mass is 19.4. The van der Waals surface area contributed by atoms with Gasteiger partial charge in [-0.2, -0.15) is 26.3 Å². The van der Waals surface area contributed by atoms with Crippen molar-refractivity contribution in [3.05, 3.63) is 0 Å². The molecule has 1 fully saturated rings. The van der Waals surface area contributed by atoms with Crippen LogP contribution in [0.15, 0.2) is 0 Å². The maximum atomic E-state index is 12.5. The van der Waals surface area contributed by atoms with Gasteiger partial charge in [0.2, 0.25) is 6.10 Å². The van der Waals surface area contributed by atoms with Gasteiger partial charge in [-0.25, -0.2) is 0 Å². The highest BCUT2D eigenvalue weighted by Gasteiger charge is 2.59. The Balaban J connectivity index is 2.82. The van der Waals surface area contributed by atoms with Crippen LogP contribution in [-0.2, 0) is 4.74 Å². The van der Waals surface area contributed by atoms with Crippen LogP contribution >= 0.6 is 0 Å². The highest BCUT2D eigenvalue weighted by Crippen LogP contribution is 2.37. The lowest BCUT2D eigenvalue weighted by atomic mass is 9.94. The molecule has 0 aliphatic heterocycles. The molecule has 2 nitrogen and oxygen atoms in total. The van der Waals surface area contributed by atoms with Crippen molar-refractivity contribution in [1.82, 2.24) is 5.32 Å². The molecule has 0 aromatic rings. The Morgan fingerprint density at radius 1 is 0.900 bits per heavy atom. The van der Waals surface area contributed by atoms with E-state index in [1.165, 1.54) is 7.05 Å². The number of hydrogen-bond donors (Lipinski definition) is 1. The summed E-state index contributed by atoms with van der Waals surface area (Å²) < 4.78 is 79.6. The van der Waals surface area contributed by atoms with E-state index in [4.69, 9.17) is 0 Å². The lowest BCUT2D eigenvalue weighted by Crippen LogP contribution is -2.50. The highest BCUT2D eigenvalue weighted by molar-refractivity contribution is 4.84. The Bertz CT molecular complexity index is 277. The van der Waals surface area contributed by atoms with Crippen molar-refractivity contribution in [3.8, 4) is 0 Å². The molecule has 20 heavy (non-hydrogen) atoms. The lowest BCUT2D eigenvalue weighted by molar-refractivity contribution is -0.333. The van der Waals surface area contributed by atoms with Gasteiger partial charge in [0, 0.05) is 6.04 Å². The molecule has 1 saturated carbocycles. The average Bonchev–Trinajstić information content (AvgIpc) is 2.24. The topological polar surface area (TPSA) is 21.3 Å². The molecule has 0 amide bonds. The number of hydrogen-bond acceptors (Lipinski definition) is 2. The Morgan fingerprint density at radius 2 is 1.40 bits per heavy atom. The Labute approximate surface area is 113 Å². The molecule has 1 N–H and O–H groups in total. The van der Waals surface area contributed by atoms with E-state index >= 15 is 0 Å². The first-order valence-corrected chi connectivity index (χ1v) is 6.62. The van der Waals surface area contributed by atoms with Gasteiger partial charge in [0.15, 0.2) is 0 Å². The van der Waals surface area contributed by atoms with Crippen LogP contribution in [0.1, 0.15) is 38.5 Å². The summed E-state index contributed by atoms with van der Waals surface area (Å²) in [6.07, 6.45) is -11.9. The second-order valence-corrected chi connectivity index (χ2v) is 5.02. The fourth-order valence-corrected chi connectivity index (χ4v) is 2.46. The minimum atomic E-state index is -5.45. The quantitative estimate of drug-likeness (QED) is 0.801. The minimum absolute atomic E-state index is 0.203. The molecular weight excluding hydrogens is 288 g/mol. The van der Waals surface area contributed by atoms with Crippen molar-refractivity contribution in [3.63, 3.8) is 0 Å². The summed E-state index contributed by atoms with van der Waals surface area (Å²) in [6.45, 7) is 0. The normalized spacial score (nSPS) is 26.4. The minimum Gasteiger partial charge on any atom is -0.356 e. The third kappa shape index (κ3) is 5.12. The van der Waals surface area contributed by atoms with Crippen molar-refractivity contribution in [2.24, 2.45) is 0 Å². The van der Waals surface area contributed by atoms with Crippen molar-refractivity contribution in [2.45, 2.75) is 69.1 Å². The van der Waals surface area contributed by atoms with E-state index in [1.807, 2.05) is 0 Å². The molecule has 1 rings (SSSR count). The number of alkyl halides is 6.